The van der Waals surface area contributed by atoms with Gasteiger partial charge in [-0.1, -0.05) is 49.7 Å². The molecule has 1 aromatic heterocycles. The minimum atomic E-state index is -0.0990. The van der Waals surface area contributed by atoms with Crippen LogP contribution in [0.4, 0.5) is 0 Å². The zero-order valence-electron chi connectivity index (χ0n) is 24.6. The number of nitrogens with zero attached hydrogens (tertiary/aromatic N) is 2. The molecule has 4 aromatic rings. The van der Waals surface area contributed by atoms with Crippen molar-refractivity contribution in [1.82, 2.24) is 15.1 Å². The number of hydrogen-bond acceptors (Lipinski definition) is 5. The monoisotopic (exact) mass is 555 g/mol. The quantitative estimate of drug-likeness (QED) is 0.128. The van der Waals surface area contributed by atoms with E-state index >= 15 is 0 Å². The molecule has 0 spiro atoms. The molecule has 3 aromatic carbocycles. The number of carbonyl (C=O) groups excluding carboxylic acids is 2. The van der Waals surface area contributed by atoms with Crippen molar-refractivity contribution in [2.24, 2.45) is 5.92 Å². The molecular weight excluding hydrogens is 514 g/mol. The van der Waals surface area contributed by atoms with E-state index in [1.54, 1.807) is 14.2 Å². The van der Waals surface area contributed by atoms with Crippen LogP contribution in [0.1, 0.15) is 65.3 Å². The number of ether oxygens (including phenoxy) is 2. The predicted octanol–water partition coefficient (Wildman–Crippen LogP) is 6.87. The number of amides is 1. The fourth-order valence-corrected chi connectivity index (χ4v) is 5.31. The third-order valence-electron chi connectivity index (χ3n) is 7.63. The summed E-state index contributed by atoms with van der Waals surface area (Å²) in [6.45, 7) is 5.91. The Morgan fingerprint density at radius 2 is 1.66 bits per heavy atom. The van der Waals surface area contributed by atoms with Gasteiger partial charge in [-0.2, -0.15) is 5.10 Å². The highest BCUT2D eigenvalue weighted by Gasteiger charge is 2.16. The smallest absolute Gasteiger partial charge is 0.251 e. The zero-order chi connectivity index (χ0) is 29.2. The zero-order valence-corrected chi connectivity index (χ0v) is 24.6. The molecule has 4 rings (SSSR count). The first-order chi connectivity index (χ1) is 19.9. The molecule has 0 fully saturated rings. The number of nitrogens with one attached hydrogen (secondary N) is 1. The van der Waals surface area contributed by atoms with Gasteiger partial charge in [0.2, 0.25) is 0 Å². The van der Waals surface area contributed by atoms with Crippen LogP contribution >= 0.6 is 0 Å². The van der Waals surface area contributed by atoms with E-state index < -0.39 is 0 Å². The fraction of sp³-hybridized carbons (Fsp3) is 0.382. The number of benzene rings is 3. The minimum Gasteiger partial charge on any atom is -0.497 e. The third-order valence-corrected chi connectivity index (χ3v) is 7.63. The molecule has 0 saturated carbocycles. The fourth-order valence-electron chi connectivity index (χ4n) is 5.31. The summed E-state index contributed by atoms with van der Waals surface area (Å²) in [6, 6.07) is 19.5. The number of hydrogen-bond donors (Lipinski definition) is 1. The Morgan fingerprint density at radius 3 is 2.32 bits per heavy atom. The lowest BCUT2D eigenvalue weighted by molar-refractivity contribution is 0.0935. The van der Waals surface area contributed by atoms with Crippen LogP contribution in [-0.4, -0.2) is 48.8 Å². The second kappa shape index (κ2) is 14.6. The van der Waals surface area contributed by atoms with Gasteiger partial charge in [-0.3, -0.25) is 14.3 Å². The van der Waals surface area contributed by atoms with E-state index in [4.69, 9.17) is 14.6 Å². The summed E-state index contributed by atoms with van der Waals surface area (Å²) in [5, 5.41) is 8.69. The molecule has 0 radical (unpaired) electrons. The van der Waals surface area contributed by atoms with Gasteiger partial charge in [0, 0.05) is 49.3 Å². The third kappa shape index (κ3) is 7.82. The van der Waals surface area contributed by atoms with E-state index in [2.05, 4.69) is 18.4 Å². The summed E-state index contributed by atoms with van der Waals surface area (Å²) in [6.07, 6.45) is 6.55. The number of aromatic nitrogens is 2. The van der Waals surface area contributed by atoms with E-state index in [1.807, 2.05) is 72.3 Å². The second-order valence-corrected chi connectivity index (χ2v) is 10.5. The number of methoxy groups -OCH3 is 2. The number of ketones is 1. The molecule has 216 valence electrons. The Balaban J connectivity index is 1.33. The second-order valence-electron chi connectivity index (χ2n) is 10.5. The van der Waals surface area contributed by atoms with Crippen LogP contribution in [-0.2, 0) is 11.3 Å². The van der Waals surface area contributed by atoms with E-state index in [0.29, 0.717) is 31.1 Å². The van der Waals surface area contributed by atoms with Crippen molar-refractivity contribution in [2.45, 2.75) is 52.5 Å². The van der Waals surface area contributed by atoms with Gasteiger partial charge in [-0.15, -0.1) is 0 Å². The van der Waals surface area contributed by atoms with Crippen LogP contribution in [0.15, 0.2) is 66.9 Å². The Bertz CT molecular complexity index is 1440. The number of aryl methyl sites for hydroxylation is 1. The lowest BCUT2D eigenvalue weighted by Gasteiger charge is -2.16. The normalized spacial score (nSPS) is 11.9. The summed E-state index contributed by atoms with van der Waals surface area (Å²) in [5.41, 5.74) is 5.40. The molecule has 1 heterocycles. The van der Waals surface area contributed by atoms with Crippen molar-refractivity contribution in [3.8, 4) is 16.9 Å². The molecule has 7 heteroatoms. The van der Waals surface area contributed by atoms with Crippen LogP contribution < -0.4 is 10.1 Å². The maximum Gasteiger partial charge on any atom is 0.251 e. The first kappa shape index (κ1) is 30.0. The lowest BCUT2D eigenvalue weighted by Crippen LogP contribution is -2.27. The van der Waals surface area contributed by atoms with Crippen molar-refractivity contribution in [1.29, 1.82) is 0 Å². The van der Waals surface area contributed by atoms with Crippen molar-refractivity contribution in [3.63, 3.8) is 0 Å². The summed E-state index contributed by atoms with van der Waals surface area (Å²) in [7, 11) is 3.27. The molecular formula is C34H41N3O4. The van der Waals surface area contributed by atoms with Crippen LogP contribution in [0.3, 0.4) is 0 Å². The summed E-state index contributed by atoms with van der Waals surface area (Å²) >= 11 is 0. The van der Waals surface area contributed by atoms with Gasteiger partial charge in [0.15, 0.2) is 5.78 Å². The van der Waals surface area contributed by atoms with E-state index in [1.165, 1.54) is 0 Å². The van der Waals surface area contributed by atoms with E-state index in [0.717, 1.165) is 71.1 Å². The van der Waals surface area contributed by atoms with Crippen LogP contribution in [0.5, 0.6) is 5.75 Å². The SMILES string of the molecule is CCCC(CCCC(=O)c1ccc(-c2ccc(OC)cc2)cc1)Cn1cc2c(C)c(C(=O)NCCOC)ccc2n1. The van der Waals surface area contributed by atoms with Gasteiger partial charge in [-0.05, 0) is 73.1 Å². The number of fused-ring (bicyclic) bond motifs is 1. The van der Waals surface area contributed by atoms with Gasteiger partial charge in [0.1, 0.15) is 5.75 Å². The van der Waals surface area contributed by atoms with Gasteiger partial charge in [0.05, 0.1) is 19.2 Å². The Hall–Kier alpha value is -3.97. The Morgan fingerprint density at radius 1 is 0.951 bits per heavy atom. The van der Waals surface area contributed by atoms with Crippen molar-refractivity contribution in [3.05, 3.63) is 83.6 Å². The molecule has 0 bridgehead atoms. The molecule has 1 N–H and O–H groups in total. The van der Waals surface area contributed by atoms with Gasteiger partial charge in [0.25, 0.3) is 5.91 Å². The van der Waals surface area contributed by atoms with Crippen LogP contribution in [0.2, 0.25) is 0 Å². The summed E-state index contributed by atoms with van der Waals surface area (Å²) in [5.74, 6) is 1.33. The number of carbonyl (C=O) groups is 2. The molecule has 1 atom stereocenters. The van der Waals surface area contributed by atoms with Crippen molar-refractivity contribution >= 4 is 22.6 Å². The van der Waals surface area contributed by atoms with Gasteiger partial charge >= 0.3 is 0 Å². The molecule has 1 unspecified atom stereocenters. The highest BCUT2D eigenvalue weighted by Crippen LogP contribution is 2.25. The minimum absolute atomic E-state index is 0.0990. The van der Waals surface area contributed by atoms with Gasteiger partial charge in [-0.25, -0.2) is 0 Å². The first-order valence-corrected chi connectivity index (χ1v) is 14.4. The standard InChI is InChI=1S/C34H41N3O4/c1-5-7-25(22-37-23-31-24(2)30(18-19-32(31)36-37)34(39)35-20-21-40-3)8-6-9-33(38)28-12-10-26(11-13-28)27-14-16-29(41-4)17-15-27/h10-19,23,25H,5-9,20-22H2,1-4H3,(H,35,39). The maximum atomic E-state index is 12.9. The summed E-state index contributed by atoms with van der Waals surface area (Å²) in [4.78, 5) is 25.5. The topological polar surface area (TPSA) is 82.5 Å². The van der Waals surface area contributed by atoms with E-state index in [9.17, 15) is 9.59 Å². The molecule has 41 heavy (non-hydrogen) atoms. The largest absolute Gasteiger partial charge is 0.497 e. The summed E-state index contributed by atoms with van der Waals surface area (Å²) < 4.78 is 12.3. The lowest BCUT2D eigenvalue weighted by atomic mass is 9.94. The molecule has 7 nitrogen and oxygen atoms in total. The highest BCUT2D eigenvalue weighted by molar-refractivity contribution is 6.00. The van der Waals surface area contributed by atoms with Crippen LogP contribution in [0.25, 0.3) is 22.0 Å². The number of rotatable bonds is 15. The molecule has 0 aliphatic rings. The maximum absolute atomic E-state index is 12.9. The highest BCUT2D eigenvalue weighted by atomic mass is 16.5. The Kier molecular flexibility index (Phi) is 10.7. The molecule has 0 aliphatic carbocycles. The van der Waals surface area contributed by atoms with Gasteiger partial charge < -0.3 is 14.8 Å². The Labute approximate surface area is 242 Å². The average molecular weight is 556 g/mol. The van der Waals surface area contributed by atoms with Crippen molar-refractivity contribution in [2.75, 3.05) is 27.4 Å². The first-order valence-electron chi connectivity index (χ1n) is 14.4. The average Bonchev–Trinajstić information content (AvgIpc) is 3.41. The predicted molar refractivity (Wildman–Crippen MR) is 164 cm³/mol. The number of Topliss-reactive ketones (excluding diaryl/α,β-unsaturated/α-hetero) is 1. The molecule has 0 saturated heterocycles. The molecule has 0 aliphatic heterocycles. The van der Waals surface area contributed by atoms with Crippen LogP contribution in [0, 0.1) is 12.8 Å². The molecule has 1 amide bonds. The van der Waals surface area contributed by atoms with Crippen molar-refractivity contribution < 1.29 is 19.1 Å². The van der Waals surface area contributed by atoms with E-state index in [-0.39, 0.29) is 11.7 Å².